The van der Waals surface area contributed by atoms with Crippen LogP contribution in [0.2, 0.25) is 0 Å². The summed E-state index contributed by atoms with van der Waals surface area (Å²) in [6.45, 7) is 4.65. The van der Waals surface area contributed by atoms with Crippen LogP contribution in [-0.4, -0.2) is 85.7 Å². The van der Waals surface area contributed by atoms with Crippen molar-refractivity contribution in [1.82, 2.24) is 24.4 Å². The van der Waals surface area contributed by atoms with Gasteiger partial charge in [-0.2, -0.15) is 18.3 Å². The van der Waals surface area contributed by atoms with E-state index in [1.807, 2.05) is 4.72 Å². The molecule has 4 heterocycles. The van der Waals surface area contributed by atoms with Crippen LogP contribution >= 0.6 is 0 Å². The fraction of sp³-hybridized carbons (Fsp3) is 0.536. The van der Waals surface area contributed by atoms with Gasteiger partial charge in [0.15, 0.2) is 5.65 Å². The standard InChI is InChI=1S/C28H33F3N6O4S/c1-42(39,40)34-27(38)22-17-23(36-11-9-20(10-12-36)35-13-15-41-16-14-35)24-25(18-3-2-4-18)33-37(26(24)32-22)21-7-5-19(6-8-21)28(29,30)31/h5-8,17-18,20H,2-4,9-16H2,1H3,(H,34,38). The predicted octanol–water partition coefficient (Wildman–Crippen LogP) is 3.70. The molecule has 2 aliphatic heterocycles. The Morgan fingerprint density at radius 1 is 1.02 bits per heavy atom. The molecule has 0 atom stereocenters. The molecule has 1 saturated carbocycles. The molecule has 2 aromatic heterocycles. The first kappa shape index (κ1) is 28.9. The number of carbonyl (C=O) groups excluding carboxylic acids is 1. The number of nitrogens with one attached hydrogen (secondary N) is 1. The third-order valence-electron chi connectivity index (χ3n) is 8.45. The van der Waals surface area contributed by atoms with Crippen molar-refractivity contribution in [3.05, 3.63) is 47.3 Å². The molecule has 3 aromatic rings. The van der Waals surface area contributed by atoms with Crippen LogP contribution in [0.3, 0.4) is 0 Å². The maximum absolute atomic E-state index is 13.3. The minimum Gasteiger partial charge on any atom is -0.379 e. The quantitative estimate of drug-likeness (QED) is 0.453. The Kier molecular flexibility index (Phi) is 7.64. The van der Waals surface area contributed by atoms with Crippen molar-refractivity contribution in [1.29, 1.82) is 0 Å². The Balaban J connectivity index is 1.45. The van der Waals surface area contributed by atoms with E-state index in [1.165, 1.54) is 16.8 Å². The molecule has 10 nitrogen and oxygen atoms in total. The van der Waals surface area contributed by atoms with Crippen LogP contribution in [0.15, 0.2) is 30.3 Å². The summed E-state index contributed by atoms with van der Waals surface area (Å²) in [6.07, 6.45) is 1.10. The molecular formula is C28H33F3N6O4S. The maximum Gasteiger partial charge on any atom is 0.416 e. The third kappa shape index (κ3) is 5.84. The zero-order valence-electron chi connectivity index (χ0n) is 23.2. The molecular weight excluding hydrogens is 573 g/mol. The van der Waals surface area contributed by atoms with Gasteiger partial charge in [0.1, 0.15) is 5.69 Å². The van der Waals surface area contributed by atoms with E-state index in [-0.39, 0.29) is 11.6 Å². The van der Waals surface area contributed by atoms with Gasteiger partial charge in [0.05, 0.1) is 47.5 Å². The summed E-state index contributed by atoms with van der Waals surface area (Å²) in [5.74, 6) is -0.723. The monoisotopic (exact) mass is 606 g/mol. The number of hydrogen-bond donors (Lipinski definition) is 1. The van der Waals surface area contributed by atoms with Crippen molar-refractivity contribution >= 4 is 32.7 Å². The minimum atomic E-state index is -4.49. The first-order valence-corrected chi connectivity index (χ1v) is 16.1. The highest BCUT2D eigenvalue weighted by atomic mass is 32.2. The first-order valence-electron chi connectivity index (χ1n) is 14.2. The molecule has 1 N–H and O–H groups in total. The minimum absolute atomic E-state index is 0.105. The van der Waals surface area contributed by atoms with Crippen molar-refractivity contribution in [2.45, 2.75) is 50.2 Å². The number of hydrogen-bond acceptors (Lipinski definition) is 8. The summed E-state index contributed by atoms with van der Waals surface area (Å²) in [4.78, 5) is 22.3. The molecule has 1 aromatic carbocycles. The summed E-state index contributed by atoms with van der Waals surface area (Å²) in [7, 11) is -3.86. The lowest BCUT2D eigenvalue weighted by Gasteiger charge is -2.41. The van der Waals surface area contributed by atoms with Crippen LogP contribution in [0, 0.1) is 0 Å². The molecule has 1 amide bonds. The van der Waals surface area contributed by atoms with Gasteiger partial charge in [-0.3, -0.25) is 9.69 Å². The van der Waals surface area contributed by atoms with Crippen molar-refractivity contribution in [3.63, 3.8) is 0 Å². The molecule has 1 aliphatic carbocycles. The van der Waals surface area contributed by atoms with Gasteiger partial charge < -0.3 is 9.64 Å². The third-order valence-corrected chi connectivity index (χ3v) is 9.01. The second kappa shape index (κ2) is 11.1. The summed E-state index contributed by atoms with van der Waals surface area (Å²) in [5, 5.41) is 5.62. The summed E-state index contributed by atoms with van der Waals surface area (Å²) < 4.78 is 72.6. The predicted molar refractivity (Wildman–Crippen MR) is 150 cm³/mol. The number of pyridine rings is 1. The largest absolute Gasteiger partial charge is 0.416 e. The number of sulfonamides is 1. The second-order valence-corrected chi connectivity index (χ2v) is 13.0. The van der Waals surface area contributed by atoms with Crippen molar-refractivity contribution < 1.29 is 31.1 Å². The lowest BCUT2D eigenvalue weighted by molar-refractivity contribution is -0.137. The van der Waals surface area contributed by atoms with Gasteiger partial charge in [0.2, 0.25) is 10.0 Å². The zero-order valence-corrected chi connectivity index (χ0v) is 24.0. The Morgan fingerprint density at radius 3 is 2.26 bits per heavy atom. The number of carbonyl (C=O) groups is 1. The van der Waals surface area contributed by atoms with Crippen molar-refractivity contribution in [2.24, 2.45) is 0 Å². The number of amides is 1. The van der Waals surface area contributed by atoms with E-state index >= 15 is 0 Å². The molecule has 0 radical (unpaired) electrons. The molecule has 6 rings (SSSR count). The van der Waals surface area contributed by atoms with Crippen LogP contribution < -0.4 is 9.62 Å². The number of benzene rings is 1. The maximum atomic E-state index is 13.3. The van der Waals surface area contributed by atoms with Gasteiger partial charge in [-0.25, -0.2) is 22.8 Å². The van der Waals surface area contributed by atoms with Gasteiger partial charge in [-0.15, -0.1) is 0 Å². The highest BCUT2D eigenvalue weighted by Crippen LogP contribution is 2.43. The smallest absolute Gasteiger partial charge is 0.379 e. The highest BCUT2D eigenvalue weighted by Gasteiger charge is 2.34. The fourth-order valence-corrected chi connectivity index (χ4v) is 6.50. The molecule has 3 fully saturated rings. The number of ether oxygens (including phenoxy) is 1. The number of halogens is 3. The van der Waals surface area contributed by atoms with E-state index in [0.717, 1.165) is 93.6 Å². The number of fused-ring (bicyclic) bond motifs is 1. The van der Waals surface area contributed by atoms with E-state index < -0.39 is 27.7 Å². The van der Waals surface area contributed by atoms with Gasteiger partial charge in [-0.1, -0.05) is 6.42 Å². The number of alkyl halides is 3. The average Bonchev–Trinajstić information content (AvgIpc) is 3.30. The molecule has 226 valence electrons. The molecule has 0 bridgehead atoms. The number of anilines is 1. The lowest BCUT2D eigenvalue weighted by atomic mass is 9.82. The lowest BCUT2D eigenvalue weighted by Crippen LogP contribution is -2.49. The Hall–Kier alpha value is -3.23. The first-order chi connectivity index (χ1) is 20.0. The molecule has 3 aliphatic rings. The summed E-state index contributed by atoms with van der Waals surface area (Å²) >= 11 is 0. The zero-order chi connectivity index (χ0) is 29.6. The summed E-state index contributed by atoms with van der Waals surface area (Å²) in [5.41, 5.74) is 1.31. The topological polar surface area (TPSA) is 110 Å². The normalized spacial score (nSPS) is 19.7. The van der Waals surface area contributed by atoms with Gasteiger partial charge >= 0.3 is 6.18 Å². The number of aromatic nitrogens is 3. The van der Waals surface area contributed by atoms with Crippen LogP contribution in [-0.2, 0) is 20.9 Å². The average molecular weight is 607 g/mol. The van der Waals surface area contributed by atoms with Crippen LogP contribution in [0.5, 0.6) is 0 Å². The molecule has 0 unspecified atom stereocenters. The molecule has 2 saturated heterocycles. The Morgan fingerprint density at radius 2 is 1.69 bits per heavy atom. The second-order valence-electron chi connectivity index (χ2n) is 11.3. The van der Waals surface area contributed by atoms with Crippen LogP contribution in [0.25, 0.3) is 16.7 Å². The number of morpholine rings is 1. The van der Waals surface area contributed by atoms with E-state index in [2.05, 4.69) is 14.8 Å². The van der Waals surface area contributed by atoms with Crippen molar-refractivity contribution in [2.75, 3.05) is 50.5 Å². The van der Waals surface area contributed by atoms with Gasteiger partial charge in [0.25, 0.3) is 5.91 Å². The fourth-order valence-electron chi connectivity index (χ4n) is 6.06. The SMILES string of the molecule is CS(=O)(=O)NC(=O)c1cc(N2CCC(N3CCOCC3)CC2)c2c(C3CCC3)nn(-c3ccc(C(F)(F)F)cc3)c2n1. The number of piperidine rings is 1. The van der Waals surface area contributed by atoms with E-state index in [0.29, 0.717) is 30.5 Å². The number of nitrogens with zero attached hydrogens (tertiary/aromatic N) is 5. The van der Waals surface area contributed by atoms with Crippen LogP contribution in [0.1, 0.15) is 59.8 Å². The van der Waals surface area contributed by atoms with Crippen LogP contribution in [0.4, 0.5) is 18.9 Å². The van der Waals surface area contributed by atoms with E-state index in [9.17, 15) is 26.4 Å². The van der Waals surface area contributed by atoms with Crippen molar-refractivity contribution in [3.8, 4) is 5.69 Å². The Bertz CT molecular complexity index is 1570. The van der Waals surface area contributed by atoms with Gasteiger partial charge in [0, 0.05) is 38.1 Å². The Labute approximate surface area is 241 Å². The molecule has 42 heavy (non-hydrogen) atoms. The number of rotatable bonds is 6. The van der Waals surface area contributed by atoms with Gasteiger partial charge in [-0.05, 0) is 56.0 Å². The summed E-state index contributed by atoms with van der Waals surface area (Å²) in [6, 6.07) is 6.68. The highest BCUT2D eigenvalue weighted by molar-refractivity contribution is 7.89. The van der Waals surface area contributed by atoms with E-state index in [4.69, 9.17) is 9.84 Å². The molecule has 14 heteroatoms. The van der Waals surface area contributed by atoms with E-state index in [1.54, 1.807) is 6.07 Å². The molecule has 0 spiro atoms.